The summed E-state index contributed by atoms with van der Waals surface area (Å²) >= 11 is 5.85. The maximum atomic E-state index is 11.6. The number of carbonyl (C=O) groups excluding carboxylic acids is 1. The van der Waals surface area contributed by atoms with Crippen molar-refractivity contribution in [3.63, 3.8) is 0 Å². The van der Waals surface area contributed by atoms with Crippen molar-refractivity contribution in [2.75, 3.05) is 38.8 Å². The lowest BCUT2D eigenvalue weighted by Gasteiger charge is -2.11. The highest BCUT2D eigenvalue weighted by Gasteiger charge is 2.07. The van der Waals surface area contributed by atoms with E-state index in [-0.39, 0.29) is 19.2 Å². The first-order valence-corrected chi connectivity index (χ1v) is 6.12. The smallest absolute Gasteiger partial charge is 0.319 e. The number of rotatable bonds is 7. The summed E-state index contributed by atoms with van der Waals surface area (Å²) in [5.41, 5.74) is 0.490. The van der Waals surface area contributed by atoms with E-state index in [4.69, 9.17) is 26.2 Å². The highest BCUT2D eigenvalue weighted by atomic mass is 35.5. The van der Waals surface area contributed by atoms with Crippen molar-refractivity contribution in [3.8, 4) is 5.75 Å². The predicted molar refractivity (Wildman–Crippen MR) is 72.9 cm³/mol. The Balaban J connectivity index is 2.41. The molecule has 0 aliphatic carbocycles. The lowest BCUT2D eigenvalue weighted by atomic mass is 10.3. The number of halogens is 1. The fourth-order valence-corrected chi connectivity index (χ4v) is 1.52. The third-order valence-electron chi connectivity index (χ3n) is 2.18. The minimum absolute atomic E-state index is 0.0358. The van der Waals surface area contributed by atoms with E-state index < -0.39 is 0 Å². The van der Waals surface area contributed by atoms with Gasteiger partial charge in [-0.1, -0.05) is 11.6 Å². The van der Waals surface area contributed by atoms with Gasteiger partial charge >= 0.3 is 6.03 Å². The Hall–Kier alpha value is -1.50. The van der Waals surface area contributed by atoms with Gasteiger partial charge < -0.3 is 25.2 Å². The molecular formula is C12H17ClN2O4. The second-order valence-corrected chi connectivity index (χ2v) is 4.00. The molecular weight excluding hydrogens is 272 g/mol. The number of nitrogens with one attached hydrogen (secondary N) is 2. The summed E-state index contributed by atoms with van der Waals surface area (Å²) in [6.45, 7) is 0.896. The first-order valence-electron chi connectivity index (χ1n) is 5.74. The first kappa shape index (κ1) is 15.6. The number of hydrogen-bond acceptors (Lipinski definition) is 4. The Morgan fingerprint density at radius 2 is 2.21 bits per heavy atom. The van der Waals surface area contributed by atoms with Crippen molar-refractivity contribution in [2.45, 2.75) is 0 Å². The van der Waals surface area contributed by atoms with Crippen molar-refractivity contribution in [1.29, 1.82) is 0 Å². The molecule has 1 rings (SSSR count). The van der Waals surface area contributed by atoms with Gasteiger partial charge in [0.05, 0.1) is 32.6 Å². The maximum Gasteiger partial charge on any atom is 0.319 e. The number of methoxy groups -OCH3 is 1. The summed E-state index contributed by atoms with van der Waals surface area (Å²) in [6, 6.07) is 4.56. The van der Waals surface area contributed by atoms with E-state index in [1.165, 1.54) is 7.11 Å². The predicted octanol–water partition coefficient (Wildman–Crippen LogP) is 1.48. The number of ether oxygens (including phenoxy) is 2. The van der Waals surface area contributed by atoms with Gasteiger partial charge in [-0.15, -0.1) is 0 Å². The monoisotopic (exact) mass is 288 g/mol. The summed E-state index contributed by atoms with van der Waals surface area (Å²) in [6.07, 6.45) is 0. The molecule has 0 bridgehead atoms. The molecule has 7 heteroatoms. The van der Waals surface area contributed by atoms with Crippen LogP contribution in [0.25, 0.3) is 0 Å². The normalized spacial score (nSPS) is 10.1. The topological polar surface area (TPSA) is 79.8 Å². The van der Waals surface area contributed by atoms with Gasteiger partial charge in [0.15, 0.2) is 0 Å². The lowest BCUT2D eigenvalue weighted by Crippen LogP contribution is -2.31. The Morgan fingerprint density at radius 3 is 2.89 bits per heavy atom. The summed E-state index contributed by atoms with van der Waals surface area (Å²) in [5.74, 6) is 0.524. The minimum atomic E-state index is -0.381. The highest BCUT2D eigenvalue weighted by molar-refractivity contribution is 6.31. The fraction of sp³-hybridized carbons (Fsp3) is 0.417. The third kappa shape index (κ3) is 5.78. The van der Waals surface area contributed by atoms with Crippen LogP contribution < -0.4 is 15.4 Å². The molecule has 0 aliphatic rings. The zero-order chi connectivity index (χ0) is 14.1. The molecule has 3 N–H and O–H groups in total. The van der Waals surface area contributed by atoms with Crippen molar-refractivity contribution in [3.05, 3.63) is 23.2 Å². The average molecular weight is 289 g/mol. The van der Waals surface area contributed by atoms with E-state index in [0.717, 1.165) is 0 Å². The van der Waals surface area contributed by atoms with Gasteiger partial charge in [-0.25, -0.2) is 4.79 Å². The second kappa shape index (κ2) is 8.58. The highest BCUT2D eigenvalue weighted by Crippen LogP contribution is 2.27. The average Bonchev–Trinajstić information content (AvgIpc) is 2.39. The SMILES string of the molecule is COc1ccc(Cl)cc1NC(=O)NCCOCCO. The van der Waals surface area contributed by atoms with E-state index in [0.29, 0.717) is 29.6 Å². The quantitative estimate of drug-likeness (QED) is 0.664. The van der Waals surface area contributed by atoms with E-state index in [2.05, 4.69) is 10.6 Å². The largest absolute Gasteiger partial charge is 0.495 e. The Kier molecular flexibility index (Phi) is 7.02. The van der Waals surface area contributed by atoms with Crippen LogP contribution in [0.2, 0.25) is 5.02 Å². The number of benzene rings is 1. The van der Waals surface area contributed by atoms with Crippen molar-refractivity contribution < 1.29 is 19.4 Å². The van der Waals surface area contributed by atoms with Gasteiger partial charge in [-0.05, 0) is 18.2 Å². The van der Waals surface area contributed by atoms with Crippen molar-refractivity contribution in [1.82, 2.24) is 5.32 Å². The van der Waals surface area contributed by atoms with Gasteiger partial charge in [0.2, 0.25) is 0 Å². The van der Waals surface area contributed by atoms with Gasteiger partial charge in [0, 0.05) is 11.6 Å². The van der Waals surface area contributed by atoms with Crippen LogP contribution in [0, 0.1) is 0 Å². The minimum Gasteiger partial charge on any atom is -0.495 e. The van der Waals surface area contributed by atoms with Crippen LogP contribution in [0.15, 0.2) is 18.2 Å². The van der Waals surface area contributed by atoms with Gasteiger partial charge in [-0.2, -0.15) is 0 Å². The molecule has 0 atom stereocenters. The zero-order valence-electron chi connectivity index (χ0n) is 10.6. The number of amides is 2. The van der Waals surface area contributed by atoms with E-state index in [1.54, 1.807) is 18.2 Å². The number of urea groups is 1. The number of anilines is 1. The maximum absolute atomic E-state index is 11.6. The Morgan fingerprint density at radius 1 is 1.42 bits per heavy atom. The van der Waals surface area contributed by atoms with Gasteiger partial charge in [-0.3, -0.25) is 0 Å². The molecule has 2 amide bonds. The lowest BCUT2D eigenvalue weighted by molar-refractivity contribution is 0.0950. The third-order valence-corrected chi connectivity index (χ3v) is 2.41. The molecule has 0 spiro atoms. The molecule has 6 nitrogen and oxygen atoms in total. The molecule has 0 heterocycles. The van der Waals surface area contributed by atoms with Crippen molar-refractivity contribution in [2.24, 2.45) is 0 Å². The molecule has 0 radical (unpaired) electrons. The summed E-state index contributed by atoms with van der Waals surface area (Å²) < 4.78 is 10.1. The van der Waals surface area contributed by atoms with Crippen LogP contribution in [0.4, 0.5) is 10.5 Å². The first-order chi connectivity index (χ1) is 9.17. The molecule has 0 fully saturated rings. The molecule has 1 aromatic rings. The molecule has 0 saturated carbocycles. The van der Waals surface area contributed by atoms with Crippen LogP contribution in [0.1, 0.15) is 0 Å². The fourth-order valence-electron chi connectivity index (χ4n) is 1.35. The number of hydrogen-bond donors (Lipinski definition) is 3. The number of aliphatic hydroxyl groups excluding tert-OH is 1. The number of aliphatic hydroxyl groups is 1. The number of carbonyl (C=O) groups is 1. The van der Waals surface area contributed by atoms with Gasteiger partial charge in [0.25, 0.3) is 0 Å². The van der Waals surface area contributed by atoms with Crippen LogP contribution in [0.3, 0.4) is 0 Å². The van der Waals surface area contributed by atoms with E-state index in [9.17, 15) is 4.79 Å². The molecule has 19 heavy (non-hydrogen) atoms. The molecule has 0 unspecified atom stereocenters. The van der Waals surface area contributed by atoms with Crippen LogP contribution in [-0.4, -0.2) is 44.6 Å². The van der Waals surface area contributed by atoms with Crippen LogP contribution in [-0.2, 0) is 4.74 Å². The zero-order valence-corrected chi connectivity index (χ0v) is 11.4. The second-order valence-electron chi connectivity index (χ2n) is 3.56. The molecule has 106 valence electrons. The standard InChI is InChI=1S/C12H17ClN2O4/c1-18-11-3-2-9(13)8-10(11)15-12(17)14-4-6-19-7-5-16/h2-3,8,16H,4-7H2,1H3,(H2,14,15,17). The summed E-state index contributed by atoms with van der Waals surface area (Å²) in [5, 5.41) is 14.2. The Bertz CT molecular complexity index is 415. The van der Waals surface area contributed by atoms with E-state index >= 15 is 0 Å². The molecule has 0 aliphatic heterocycles. The summed E-state index contributed by atoms with van der Waals surface area (Å²) in [7, 11) is 1.51. The molecule has 0 saturated heterocycles. The van der Waals surface area contributed by atoms with E-state index in [1.807, 2.05) is 0 Å². The summed E-state index contributed by atoms with van der Waals surface area (Å²) in [4.78, 5) is 11.6. The van der Waals surface area contributed by atoms with Crippen LogP contribution >= 0.6 is 11.6 Å². The molecule has 0 aromatic heterocycles. The van der Waals surface area contributed by atoms with Gasteiger partial charge in [0.1, 0.15) is 5.75 Å². The van der Waals surface area contributed by atoms with Crippen molar-refractivity contribution >= 4 is 23.3 Å². The Labute approximate surface area is 116 Å². The molecule has 1 aromatic carbocycles. The van der Waals surface area contributed by atoms with Crippen LogP contribution in [0.5, 0.6) is 5.75 Å².